The number of anilines is 1. The molecule has 0 atom stereocenters. The Labute approximate surface area is 125 Å². The highest BCUT2D eigenvalue weighted by atomic mass is 35.5. The topological polar surface area (TPSA) is 98.3 Å². The van der Waals surface area contributed by atoms with E-state index in [2.05, 4.69) is 5.32 Å². The van der Waals surface area contributed by atoms with E-state index in [0.717, 1.165) is 0 Å². The molecule has 1 amide bonds. The van der Waals surface area contributed by atoms with Gasteiger partial charge in [0, 0.05) is 23.7 Å². The molecule has 0 fully saturated rings. The number of rotatable bonds is 5. The van der Waals surface area contributed by atoms with E-state index in [1.165, 1.54) is 18.2 Å². The number of carbonyl (C=O) groups is 1. The number of hydrogen-bond acceptors (Lipinski definition) is 4. The number of primary amides is 1. The molecule has 0 aliphatic heterocycles. The van der Waals surface area contributed by atoms with Crippen LogP contribution in [0.4, 0.5) is 11.4 Å². The first-order valence-corrected chi connectivity index (χ1v) is 6.42. The van der Waals surface area contributed by atoms with Crippen molar-refractivity contribution in [1.82, 2.24) is 0 Å². The molecule has 6 nitrogen and oxygen atoms in total. The predicted molar refractivity (Wildman–Crippen MR) is 80.4 cm³/mol. The average molecular weight is 306 g/mol. The summed E-state index contributed by atoms with van der Waals surface area (Å²) in [5, 5.41) is 14.3. The first kappa shape index (κ1) is 14.8. The number of benzene rings is 2. The quantitative estimate of drug-likeness (QED) is 0.655. The van der Waals surface area contributed by atoms with Crippen molar-refractivity contribution in [3.63, 3.8) is 0 Å². The maximum absolute atomic E-state index is 11.1. The van der Waals surface area contributed by atoms with Crippen LogP contribution >= 0.6 is 11.6 Å². The lowest BCUT2D eigenvalue weighted by atomic mass is 10.1. The molecular formula is C14H12ClN3O3. The maximum atomic E-state index is 11.1. The summed E-state index contributed by atoms with van der Waals surface area (Å²) in [7, 11) is 0. The van der Waals surface area contributed by atoms with Gasteiger partial charge < -0.3 is 11.1 Å². The van der Waals surface area contributed by atoms with Crippen LogP contribution in [0.15, 0.2) is 42.5 Å². The second kappa shape index (κ2) is 6.23. The van der Waals surface area contributed by atoms with Gasteiger partial charge in [-0.1, -0.05) is 29.8 Å². The number of nitrogens with one attached hydrogen (secondary N) is 1. The molecular weight excluding hydrogens is 294 g/mol. The number of carbonyl (C=O) groups excluding carboxylic acids is 1. The van der Waals surface area contributed by atoms with Crippen LogP contribution in [-0.4, -0.2) is 10.8 Å². The fraction of sp³-hybridized carbons (Fsp3) is 0.0714. The van der Waals surface area contributed by atoms with Gasteiger partial charge >= 0.3 is 0 Å². The minimum absolute atomic E-state index is 0.0205. The number of nitrogens with zero attached hydrogens (tertiary/aromatic N) is 1. The number of para-hydroxylation sites is 1. The molecule has 108 valence electrons. The van der Waals surface area contributed by atoms with E-state index in [1.807, 2.05) is 0 Å². The summed E-state index contributed by atoms with van der Waals surface area (Å²) in [5.74, 6) is -0.569. The van der Waals surface area contributed by atoms with E-state index in [1.54, 1.807) is 24.3 Å². The van der Waals surface area contributed by atoms with Crippen molar-refractivity contribution < 1.29 is 9.72 Å². The van der Waals surface area contributed by atoms with Gasteiger partial charge in [0.1, 0.15) is 0 Å². The molecule has 0 radical (unpaired) electrons. The van der Waals surface area contributed by atoms with Crippen LogP contribution < -0.4 is 11.1 Å². The summed E-state index contributed by atoms with van der Waals surface area (Å²) in [4.78, 5) is 21.6. The second-order valence-corrected chi connectivity index (χ2v) is 4.71. The smallest absolute Gasteiger partial charge is 0.274 e. The van der Waals surface area contributed by atoms with E-state index in [0.29, 0.717) is 21.8 Å². The Morgan fingerprint density at radius 3 is 2.67 bits per heavy atom. The molecule has 7 heteroatoms. The molecule has 0 heterocycles. The zero-order valence-corrected chi connectivity index (χ0v) is 11.6. The number of amides is 1. The summed E-state index contributed by atoms with van der Waals surface area (Å²) in [6.07, 6.45) is 0. The van der Waals surface area contributed by atoms with Crippen LogP contribution in [0, 0.1) is 10.1 Å². The Balaban J connectivity index is 2.22. The van der Waals surface area contributed by atoms with Crippen LogP contribution in [0.5, 0.6) is 0 Å². The lowest BCUT2D eigenvalue weighted by Crippen LogP contribution is -2.11. The molecule has 0 bridgehead atoms. The molecule has 0 saturated carbocycles. The molecule has 3 N–H and O–H groups in total. The van der Waals surface area contributed by atoms with Crippen molar-refractivity contribution in [2.24, 2.45) is 5.73 Å². The molecule has 0 spiro atoms. The van der Waals surface area contributed by atoms with Gasteiger partial charge in [-0.25, -0.2) is 0 Å². The fourth-order valence-corrected chi connectivity index (χ4v) is 2.03. The molecule has 0 aliphatic rings. The molecule has 0 unspecified atom stereocenters. The zero-order valence-electron chi connectivity index (χ0n) is 10.9. The number of hydrogen-bond donors (Lipinski definition) is 2. The van der Waals surface area contributed by atoms with E-state index >= 15 is 0 Å². The molecule has 0 aliphatic carbocycles. The highest BCUT2D eigenvalue weighted by Crippen LogP contribution is 2.25. The Bertz CT molecular complexity index is 704. The monoisotopic (exact) mass is 305 g/mol. The van der Waals surface area contributed by atoms with Crippen LogP contribution in [0.3, 0.4) is 0 Å². The van der Waals surface area contributed by atoms with Gasteiger partial charge in [-0.2, -0.15) is 0 Å². The van der Waals surface area contributed by atoms with Crippen LogP contribution in [0.2, 0.25) is 5.02 Å². The minimum atomic E-state index is -0.569. The van der Waals surface area contributed by atoms with Crippen molar-refractivity contribution >= 4 is 28.9 Å². The summed E-state index contributed by atoms with van der Waals surface area (Å²) < 4.78 is 0. The molecule has 2 aromatic carbocycles. The Morgan fingerprint density at radius 2 is 2.00 bits per heavy atom. The number of halogens is 1. The van der Waals surface area contributed by atoms with Crippen LogP contribution in [-0.2, 0) is 6.54 Å². The Morgan fingerprint density at radius 1 is 1.29 bits per heavy atom. The summed E-state index contributed by atoms with van der Waals surface area (Å²) in [5.41, 5.74) is 6.54. The van der Waals surface area contributed by atoms with Crippen molar-refractivity contribution in [2.45, 2.75) is 6.54 Å². The Kier molecular flexibility index (Phi) is 4.39. The first-order valence-electron chi connectivity index (χ1n) is 6.04. The average Bonchev–Trinajstić information content (AvgIpc) is 2.46. The lowest BCUT2D eigenvalue weighted by Gasteiger charge is -2.10. The third-order valence-electron chi connectivity index (χ3n) is 2.91. The van der Waals surface area contributed by atoms with E-state index < -0.39 is 10.8 Å². The number of nitrogens with two attached hydrogens (primary N) is 1. The zero-order chi connectivity index (χ0) is 15.4. The predicted octanol–water partition coefficient (Wildman–Crippen LogP) is 2.96. The maximum Gasteiger partial charge on any atom is 0.274 e. The SMILES string of the molecule is NC(=O)c1ccc(Cl)c(NCc2ccccc2[N+](=O)[O-])c1. The fourth-order valence-electron chi connectivity index (χ4n) is 1.84. The molecule has 21 heavy (non-hydrogen) atoms. The molecule has 2 rings (SSSR count). The van der Waals surface area contributed by atoms with Crippen LogP contribution in [0.1, 0.15) is 15.9 Å². The van der Waals surface area contributed by atoms with Crippen molar-refractivity contribution in [1.29, 1.82) is 0 Å². The highest BCUT2D eigenvalue weighted by molar-refractivity contribution is 6.33. The van der Waals surface area contributed by atoms with Gasteiger partial charge in [-0.15, -0.1) is 0 Å². The van der Waals surface area contributed by atoms with Gasteiger partial charge in [-0.3, -0.25) is 14.9 Å². The first-order chi connectivity index (χ1) is 9.99. The van der Waals surface area contributed by atoms with E-state index in [-0.39, 0.29) is 12.2 Å². The molecule has 0 saturated heterocycles. The lowest BCUT2D eigenvalue weighted by molar-refractivity contribution is -0.385. The van der Waals surface area contributed by atoms with Crippen molar-refractivity contribution in [2.75, 3.05) is 5.32 Å². The molecule has 2 aromatic rings. The summed E-state index contributed by atoms with van der Waals surface area (Å²) in [6.45, 7) is 0.207. The van der Waals surface area contributed by atoms with Crippen LogP contribution in [0.25, 0.3) is 0 Å². The van der Waals surface area contributed by atoms with E-state index in [4.69, 9.17) is 17.3 Å². The van der Waals surface area contributed by atoms with Crippen molar-refractivity contribution in [3.05, 3.63) is 68.7 Å². The largest absolute Gasteiger partial charge is 0.379 e. The standard InChI is InChI=1S/C14H12ClN3O3/c15-11-6-5-9(14(16)19)7-12(11)17-8-10-3-1-2-4-13(10)18(20)21/h1-7,17H,8H2,(H2,16,19). The Hall–Kier alpha value is -2.60. The van der Waals surface area contributed by atoms with Gasteiger partial charge in [0.25, 0.3) is 5.69 Å². The van der Waals surface area contributed by atoms with Gasteiger partial charge in [0.15, 0.2) is 0 Å². The second-order valence-electron chi connectivity index (χ2n) is 4.30. The van der Waals surface area contributed by atoms with Gasteiger partial charge in [0.2, 0.25) is 5.91 Å². The van der Waals surface area contributed by atoms with Crippen molar-refractivity contribution in [3.8, 4) is 0 Å². The minimum Gasteiger partial charge on any atom is -0.379 e. The number of nitro groups is 1. The highest BCUT2D eigenvalue weighted by Gasteiger charge is 2.12. The molecule has 0 aromatic heterocycles. The van der Waals surface area contributed by atoms with Gasteiger partial charge in [-0.05, 0) is 18.2 Å². The normalized spacial score (nSPS) is 10.1. The van der Waals surface area contributed by atoms with E-state index in [9.17, 15) is 14.9 Å². The van der Waals surface area contributed by atoms with Gasteiger partial charge in [0.05, 0.1) is 15.6 Å². The summed E-state index contributed by atoms with van der Waals surface area (Å²) in [6, 6.07) is 11.0. The summed E-state index contributed by atoms with van der Waals surface area (Å²) >= 11 is 6.02. The third kappa shape index (κ3) is 3.49. The third-order valence-corrected chi connectivity index (χ3v) is 3.24. The number of nitro benzene ring substituents is 1.